The Morgan fingerprint density at radius 2 is 1.97 bits per heavy atom. The van der Waals surface area contributed by atoms with Crippen molar-refractivity contribution in [1.29, 1.82) is 0 Å². The van der Waals surface area contributed by atoms with Crippen LogP contribution >= 0.6 is 23.4 Å². The summed E-state index contributed by atoms with van der Waals surface area (Å²) in [4.78, 5) is 12.2. The molecule has 2 aromatic carbocycles. The SMILES string of the molecule is CCn1c(COc2ccc(C(C)C)cc2)nnc1SCC(=O)Nc1cccc(Cl)c1. The molecule has 3 aromatic rings. The molecular weight excluding hydrogens is 420 g/mol. The molecule has 8 heteroatoms. The minimum Gasteiger partial charge on any atom is -0.486 e. The lowest BCUT2D eigenvalue weighted by Crippen LogP contribution is -2.15. The molecule has 1 heterocycles. The molecule has 0 bridgehead atoms. The second-order valence-corrected chi connectivity index (χ2v) is 8.38. The molecule has 0 aliphatic heterocycles. The quantitative estimate of drug-likeness (QED) is 0.448. The molecule has 158 valence electrons. The van der Waals surface area contributed by atoms with Crippen LogP contribution in [0.4, 0.5) is 5.69 Å². The Balaban J connectivity index is 1.56. The number of nitrogens with zero attached hydrogens (tertiary/aromatic N) is 3. The lowest BCUT2D eigenvalue weighted by Gasteiger charge is -2.10. The van der Waals surface area contributed by atoms with Gasteiger partial charge in [0.2, 0.25) is 5.91 Å². The maximum atomic E-state index is 12.2. The van der Waals surface area contributed by atoms with E-state index in [9.17, 15) is 4.79 Å². The van der Waals surface area contributed by atoms with Crippen molar-refractivity contribution in [2.24, 2.45) is 0 Å². The Morgan fingerprint density at radius 1 is 1.20 bits per heavy atom. The van der Waals surface area contributed by atoms with Crippen LogP contribution in [0.5, 0.6) is 5.75 Å². The summed E-state index contributed by atoms with van der Waals surface area (Å²) in [6.45, 7) is 7.34. The Hall–Kier alpha value is -2.51. The molecule has 0 spiro atoms. The number of carbonyl (C=O) groups is 1. The third-order valence-electron chi connectivity index (χ3n) is 4.47. The molecule has 0 atom stereocenters. The summed E-state index contributed by atoms with van der Waals surface area (Å²) < 4.78 is 7.83. The highest BCUT2D eigenvalue weighted by Crippen LogP contribution is 2.22. The van der Waals surface area contributed by atoms with Gasteiger partial charge in [-0.25, -0.2) is 0 Å². The number of amides is 1. The summed E-state index contributed by atoms with van der Waals surface area (Å²) in [5, 5.41) is 12.6. The minimum atomic E-state index is -0.129. The van der Waals surface area contributed by atoms with Crippen LogP contribution in [0.1, 0.15) is 38.1 Å². The standard InChI is InChI=1S/C22H25ClN4O2S/c1-4-27-20(13-29-19-10-8-16(9-11-19)15(2)3)25-26-22(27)30-14-21(28)24-18-7-5-6-17(23)12-18/h5-12,15H,4,13-14H2,1-3H3,(H,24,28). The maximum absolute atomic E-state index is 12.2. The fourth-order valence-electron chi connectivity index (χ4n) is 2.84. The molecule has 0 unspecified atom stereocenters. The summed E-state index contributed by atoms with van der Waals surface area (Å²) in [6.07, 6.45) is 0. The predicted octanol–water partition coefficient (Wildman–Crippen LogP) is 5.38. The molecule has 0 aliphatic carbocycles. The summed E-state index contributed by atoms with van der Waals surface area (Å²) in [7, 11) is 0. The number of ether oxygens (including phenoxy) is 1. The lowest BCUT2D eigenvalue weighted by molar-refractivity contribution is -0.113. The zero-order valence-electron chi connectivity index (χ0n) is 17.3. The number of halogens is 1. The van der Waals surface area contributed by atoms with Crippen LogP contribution in [0.15, 0.2) is 53.7 Å². The monoisotopic (exact) mass is 444 g/mol. The zero-order valence-corrected chi connectivity index (χ0v) is 18.8. The number of hydrogen-bond acceptors (Lipinski definition) is 5. The summed E-state index contributed by atoms with van der Waals surface area (Å²) in [5.74, 6) is 2.10. The van der Waals surface area contributed by atoms with Gasteiger partial charge < -0.3 is 14.6 Å². The average molecular weight is 445 g/mol. The first-order valence-corrected chi connectivity index (χ1v) is 11.2. The average Bonchev–Trinajstić information content (AvgIpc) is 3.13. The molecule has 1 amide bonds. The summed E-state index contributed by atoms with van der Waals surface area (Å²) in [6, 6.07) is 15.2. The number of nitrogens with one attached hydrogen (secondary N) is 1. The van der Waals surface area contributed by atoms with Gasteiger partial charge in [0.05, 0.1) is 5.75 Å². The van der Waals surface area contributed by atoms with Crippen molar-refractivity contribution in [3.05, 3.63) is 64.9 Å². The molecule has 0 saturated carbocycles. The van der Waals surface area contributed by atoms with Gasteiger partial charge in [-0.3, -0.25) is 4.79 Å². The molecule has 1 N–H and O–H groups in total. The largest absolute Gasteiger partial charge is 0.486 e. The number of thioether (sulfide) groups is 1. The molecule has 3 rings (SSSR count). The maximum Gasteiger partial charge on any atom is 0.234 e. The van der Waals surface area contributed by atoms with Crippen molar-refractivity contribution < 1.29 is 9.53 Å². The normalized spacial score (nSPS) is 11.0. The topological polar surface area (TPSA) is 69.0 Å². The summed E-state index contributed by atoms with van der Waals surface area (Å²) >= 11 is 7.29. The number of carbonyl (C=O) groups excluding carboxylic acids is 1. The second kappa shape index (κ2) is 10.5. The molecule has 6 nitrogen and oxygen atoms in total. The molecule has 1 aromatic heterocycles. The smallest absolute Gasteiger partial charge is 0.234 e. The Kier molecular flexibility index (Phi) is 7.76. The van der Waals surface area contributed by atoms with E-state index in [2.05, 4.69) is 41.5 Å². The van der Waals surface area contributed by atoms with Crippen LogP contribution in [-0.2, 0) is 17.9 Å². The van der Waals surface area contributed by atoms with E-state index in [1.807, 2.05) is 23.6 Å². The number of aromatic nitrogens is 3. The number of rotatable bonds is 9. The van der Waals surface area contributed by atoms with E-state index < -0.39 is 0 Å². The van der Waals surface area contributed by atoms with Gasteiger partial charge in [-0.05, 0) is 48.7 Å². The van der Waals surface area contributed by atoms with Crippen LogP contribution in [0, 0.1) is 0 Å². The Bertz CT molecular complexity index is 989. The molecule has 0 aliphatic rings. The highest BCUT2D eigenvalue weighted by atomic mass is 35.5. The van der Waals surface area contributed by atoms with Gasteiger partial charge in [0.1, 0.15) is 12.4 Å². The highest BCUT2D eigenvalue weighted by molar-refractivity contribution is 7.99. The van der Waals surface area contributed by atoms with E-state index in [1.54, 1.807) is 24.3 Å². The summed E-state index contributed by atoms with van der Waals surface area (Å²) in [5.41, 5.74) is 1.94. The predicted molar refractivity (Wildman–Crippen MR) is 121 cm³/mol. The first-order valence-electron chi connectivity index (χ1n) is 9.79. The van der Waals surface area contributed by atoms with Gasteiger partial charge in [0.15, 0.2) is 11.0 Å². The first-order chi connectivity index (χ1) is 14.5. The van der Waals surface area contributed by atoms with Crippen LogP contribution in [0.2, 0.25) is 5.02 Å². The van der Waals surface area contributed by atoms with E-state index in [0.717, 1.165) is 11.6 Å². The lowest BCUT2D eigenvalue weighted by atomic mass is 10.0. The highest BCUT2D eigenvalue weighted by Gasteiger charge is 2.14. The Morgan fingerprint density at radius 3 is 2.63 bits per heavy atom. The third kappa shape index (κ3) is 6.00. The van der Waals surface area contributed by atoms with E-state index >= 15 is 0 Å². The molecular formula is C22H25ClN4O2S. The number of benzene rings is 2. The first kappa shape index (κ1) is 22.2. The molecule has 0 radical (unpaired) electrons. The van der Waals surface area contributed by atoms with Gasteiger partial charge in [0.25, 0.3) is 0 Å². The van der Waals surface area contributed by atoms with E-state index in [1.165, 1.54) is 17.3 Å². The minimum absolute atomic E-state index is 0.129. The fourth-order valence-corrected chi connectivity index (χ4v) is 3.85. The Labute approximate surface area is 186 Å². The van der Waals surface area contributed by atoms with Crippen molar-refractivity contribution >= 4 is 35.0 Å². The van der Waals surface area contributed by atoms with Crippen molar-refractivity contribution in [3.63, 3.8) is 0 Å². The van der Waals surface area contributed by atoms with E-state index in [-0.39, 0.29) is 11.7 Å². The van der Waals surface area contributed by atoms with Gasteiger partial charge in [-0.2, -0.15) is 0 Å². The van der Waals surface area contributed by atoms with Crippen molar-refractivity contribution in [1.82, 2.24) is 14.8 Å². The van der Waals surface area contributed by atoms with Crippen LogP contribution in [-0.4, -0.2) is 26.4 Å². The van der Waals surface area contributed by atoms with Gasteiger partial charge >= 0.3 is 0 Å². The van der Waals surface area contributed by atoms with Crippen molar-refractivity contribution in [3.8, 4) is 5.75 Å². The van der Waals surface area contributed by atoms with Crippen LogP contribution < -0.4 is 10.1 Å². The van der Waals surface area contributed by atoms with Crippen molar-refractivity contribution in [2.45, 2.75) is 45.0 Å². The van der Waals surface area contributed by atoms with Gasteiger partial charge in [-0.15, -0.1) is 10.2 Å². The van der Waals surface area contributed by atoms with Gasteiger partial charge in [-0.1, -0.05) is 55.4 Å². The van der Waals surface area contributed by atoms with E-state index in [0.29, 0.717) is 34.9 Å². The van der Waals surface area contributed by atoms with Crippen LogP contribution in [0.3, 0.4) is 0 Å². The third-order valence-corrected chi connectivity index (χ3v) is 5.67. The molecule has 30 heavy (non-hydrogen) atoms. The number of anilines is 1. The zero-order chi connectivity index (χ0) is 21.5. The van der Waals surface area contributed by atoms with Gasteiger partial charge in [0, 0.05) is 17.3 Å². The fraction of sp³-hybridized carbons (Fsp3) is 0.318. The second-order valence-electron chi connectivity index (χ2n) is 7.00. The molecule has 0 saturated heterocycles. The van der Waals surface area contributed by atoms with Crippen LogP contribution in [0.25, 0.3) is 0 Å². The number of hydrogen-bond donors (Lipinski definition) is 1. The van der Waals surface area contributed by atoms with Crippen molar-refractivity contribution in [2.75, 3.05) is 11.1 Å². The van der Waals surface area contributed by atoms with E-state index in [4.69, 9.17) is 16.3 Å². The molecule has 0 fully saturated rings.